The van der Waals surface area contributed by atoms with Crippen molar-refractivity contribution in [1.29, 1.82) is 0 Å². The van der Waals surface area contributed by atoms with Crippen molar-refractivity contribution in [2.45, 2.75) is 18.8 Å². The molecule has 0 radical (unpaired) electrons. The molecule has 3 heterocycles. The fourth-order valence-electron chi connectivity index (χ4n) is 3.12. The molecular weight excluding hydrogens is 314 g/mol. The molecule has 0 N–H and O–H groups in total. The third-order valence-electron chi connectivity index (χ3n) is 4.32. The van der Waals surface area contributed by atoms with E-state index in [1.165, 1.54) is 10.6 Å². The number of aromatic nitrogens is 4. The van der Waals surface area contributed by atoms with Crippen molar-refractivity contribution >= 4 is 26.6 Å². The standard InChI is InChI=1S/C15H17N5O2S/c1-23(21,22)19-8-4-5-11(9-19)14-17-15-12-6-2-3-7-13(12)16-10-20(15)18-14/h2-3,6-7,10-11H,4-5,8-9H2,1H3. The van der Waals surface area contributed by atoms with Gasteiger partial charge in [-0.15, -0.1) is 5.10 Å². The summed E-state index contributed by atoms with van der Waals surface area (Å²) in [4.78, 5) is 9.05. The van der Waals surface area contributed by atoms with Crippen molar-refractivity contribution < 1.29 is 8.42 Å². The highest BCUT2D eigenvalue weighted by Crippen LogP contribution is 2.27. The number of hydrogen-bond acceptors (Lipinski definition) is 5. The minimum atomic E-state index is -3.17. The van der Waals surface area contributed by atoms with Crippen LogP contribution in [0.2, 0.25) is 0 Å². The van der Waals surface area contributed by atoms with Crippen LogP contribution in [0.1, 0.15) is 24.6 Å². The first kappa shape index (κ1) is 14.5. The predicted molar refractivity (Wildman–Crippen MR) is 86.7 cm³/mol. The molecule has 3 aromatic rings. The van der Waals surface area contributed by atoms with Gasteiger partial charge in [0.05, 0.1) is 11.8 Å². The maximum absolute atomic E-state index is 11.8. The topological polar surface area (TPSA) is 80.5 Å². The molecule has 1 unspecified atom stereocenters. The highest BCUT2D eigenvalue weighted by molar-refractivity contribution is 7.88. The smallest absolute Gasteiger partial charge is 0.211 e. The highest BCUT2D eigenvalue weighted by Gasteiger charge is 2.29. The third kappa shape index (κ3) is 2.57. The minimum Gasteiger partial charge on any atom is -0.236 e. The monoisotopic (exact) mass is 331 g/mol. The second-order valence-corrected chi connectivity index (χ2v) is 7.94. The Bertz CT molecular complexity index is 982. The van der Waals surface area contributed by atoms with Crippen LogP contribution in [-0.4, -0.2) is 51.7 Å². The fourth-order valence-corrected chi connectivity index (χ4v) is 4.03. The van der Waals surface area contributed by atoms with E-state index in [2.05, 4.69) is 15.1 Å². The van der Waals surface area contributed by atoms with Gasteiger partial charge in [0.2, 0.25) is 10.0 Å². The molecule has 1 aliphatic heterocycles. The van der Waals surface area contributed by atoms with Gasteiger partial charge in [0, 0.05) is 24.4 Å². The van der Waals surface area contributed by atoms with Crippen LogP contribution in [0.15, 0.2) is 30.6 Å². The van der Waals surface area contributed by atoms with Gasteiger partial charge in [0.25, 0.3) is 0 Å². The van der Waals surface area contributed by atoms with E-state index in [0.717, 1.165) is 29.4 Å². The number of nitrogens with zero attached hydrogens (tertiary/aromatic N) is 5. The number of rotatable bonds is 2. The van der Waals surface area contributed by atoms with E-state index < -0.39 is 10.0 Å². The molecule has 7 nitrogen and oxygen atoms in total. The lowest BCUT2D eigenvalue weighted by Gasteiger charge is -2.29. The first-order chi connectivity index (χ1) is 11.0. The molecule has 4 rings (SSSR count). The molecule has 0 bridgehead atoms. The summed E-state index contributed by atoms with van der Waals surface area (Å²) in [6.45, 7) is 1.02. The Morgan fingerprint density at radius 1 is 1.26 bits per heavy atom. The Hall–Kier alpha value is -2.06. The largest absolute Gasteiger partial charge is 0.236 e. The zero-order valence-corrected chi connectivity index (χ0v) is 13.6. The van der Waals surface area contributed by atoms with Gasteiger partial charge in [-0.3, -0.25) is 0 Å². The third-order valence-corrected chi connectivity index (χ3v) is 5.59. The number of piperidine rings is 1. The molecular formula is C15H17N5O2S. The van der Waals surface area contributed by atoms with E-state index in [0.29, 0.717) is 18.9 Å². The minimum absolute atomic E-state index is 0.0251. The number of benzene rings is 1. The molecule has 8 heteroatoms. The van der Waals surface area contributed by atoms with Gasteiger partial charge in [-0.2, -0.15) is 0 Å². The molecule has 23 heavy (non-hydrogen) atoms. The number of fused-ring (bicyclic) bond motifs is 3. The van der Waals surface area contributed by atoms with Gasteiger partial charge < -0.3 is 0 Å². The second kappa shape index (κ2) is 5.24. The lowest BCUT2D eigenvalue weighted by atomic mass is 9.99. The normalized spacial score (nSPS) is 20.3. The summed E-state index contributed by atoms with van der Waals surface area (Å²) in [5.74, 6) is 0.716. The van der Waals surface area contributed by atoms with Crippen LogP contribution in [0.4, 0.5) is 0 Å². The van der Waals surface area contributed by atoms with E-state index in [1.54, 1.807) is 10.8 Å². The first-order valence-electron chi connectivity index (χ1n) is 7.57. The Morgan fingerprint density at radius 3 is 2.91 bits per heavy atom. The summed E-state index contributed by atoms with van der Waals surface area (Å²) in [6.07, 6.45) is 4.63. The van der Waals surface area contributed by atoms with E-state index >= 15 is 0 Å². The van der Waals surface area contributed by atoms with Crippen LogP contribution in [0.25, 0.3) is 16.6 Å². The maximum Gasteiger partial charge on any atom is 0.211 e. The summed E-state index contributed by atoms with van der Waals surface area (Å²) >= 11 is 0. The fraction of sp³-hybridized carbons (Fsp3) is 0.400. The van der Waals surface area contributed by atoms with Crippen molar-refractivity contribution in [2.75, 3.05) is 19.3 Å². The maximum atomic E-state index is 11.8. The average molecular weight is 331 g/mol. The molecule has 1 atom stereocenters. The van der Waals surface area contributed by atoms with Crippen molar-refractivity contribution in [2.24, 2.45) is 0 Å². The first-order valence-corrected chi connectivity index (χ1v) is 9.42. The highest BCUT2D eigenvalue weighted by atomic mass is 32.2. The summed E-state index contributed by atoms with van der Waals surface area (Å²) in [5, 5.41) is 5.47. The van der Waals surface area contributed by atoms with Crippen LogP contribution in [0, 0.1) is 0 Å². The van der Waals surface area contributed by atoms with Gasteiger partial charge in [-0.25, -0.2) is 27.2 Å². The number of sulfonamides is 1. The molecule has 2 aromatic heterocycles. The van der Waals surface area contributed by atoms with Crippen LogP contribution < -0.4 is 0 Å². The molecule has 0 aliphatic carbocycles. The lowest BCUT2D eigenvalue weighted by Crippen LogP contribution is -2.38. The van der Waals surface area contributed by atoms with Crippen LogP contribution in [0.3, 0.4) is 0 Å². The van der Waals surface area contributed by atoms with Crippen LogP contribution in [-0.2, 0) is 10.0 Å². The van der Waals surface area contributed by atoms with Gasteiger partial charge in [0.15, 0.2) is 11.5 Å². The number of hydrogen-bond donors (Lipinski definition) is 0. The SMILES string of the molecule is CS(=O)(=O)N1CCCC(c2nc3c4ccccc4ncn3n2)C1. The zero-order chi connectivity index (χ0) is 16.0. The second-order valence-electron chi connectivity index (χ2n) is 5.96. The van der Waals surface area contributed by atoms with Crippen LogP contribution >= 0.6 is 0 Å². The summed E-state index contributed by atoms with van der Waals surface area (Å²) in [5.41, 5.74) is 1.64. The van der Waals surface area contributed by atoms with Crippen molar-refractivity contribution in [3.05, 3.63) is 36.4 Å². The van der Waals surface area contributed by atoms with E-state index in [-0.39, 0.29) is 5.92 Å². The quantitative estimate of drug-likeness (QED) is 0.709. The van der Waals surface area contributed by atoms with Gasteiger partial charge in [-0.05, 0) is 25.0 Å². The average Bonchev–Trinajstić information content (AvgIpc) is 2.99. The Labute approximate surface area is 134 Å². The van der Waals surface area contributed by atoms with E-state index in [1.807, 2.05) is 24.3 Å². The van der Waals surface area contributed by atoms with Crippen LogP contribution in [0.5, 0.6) is 0 Å². The van der Waals surface area contributed by atoms with Crippen molar-refractivity contribution in [3.8, 4) is 0 Å². The van der Waals surface area contributed by atoms with Gasteiger partial charge in [0.1, 0.15) is 6.33 Å². The predicted octanol–water partition coefficient (Wildman–Crippen LogP) is 1.42. The van der Waals surface area contributed by atoms with Crippen molar-refractivity contribution in [1.82, 2.24) is 23.9 Å². The molecule has 1 aliphatic rings. The van der Waals surface area contributed by atoms with Crippen molar-refractivity contribution in [3.63, 3.8) is 0 Å². The Balaban J connectivity index is 1.76. The van der Waals surface area contributed by atoms with E-state index in [4.69, 9.17) is 0 Å². The molecule has 0 amide bonds. The Kier molecular flexibility index (Phi) is 3.31. The summed E-state index contributed by atoms with van der Waals surface area (Å²) < 4.78 is 26.8. The summed E-state index contributed by atoms with van der Waals surface area (Å²) in [7, 11) is -3.17. The van der Waals surface area contributed by atoms with Gasteiger partial charge in [-0.1, -0.05) is 12.1 Å². The van der Waals surface area contributed by atoms with E-state index in [9.17, 15) is 8.42 Å². The Morgan fingerprint density at radius 2 is 2.09 bits per heavy atom. The molecule has 1 saturated heterocycles. The molecule has 120 valence electrons. The molecule has 1 fully saturated rings. The molecule has 0 spiro atoms. The molecule has 0 saturated carbocycles. The molecule has 1 aromatic carbocycles. The lowest BCUT2D eigenvalue weighted by molar-refractivity contribution is 0.311. The van der Waals surface area contributed by atoms with Gasteiger partial charge >= 0.3 is 0 Å². The number of para-hydroxylation sites is 1. The zero-order valence-electron chi connectivity index (χ0n) is 12.8. The summed E-state index contributed by atoms with van der Waals surface area (Å²) in [6, 6.07) is 7.80.